The summed E-state index contributed by atoms with van der Waals surface area (Å²) in [5.74, 6) is 1.92. The molecule has 1 saturated carbocycles. The molecule has 0 bridgehead atoms. The topological polar surface area (TPSA) is 0 Å². The van der Waals surface area contributed by atoms with E-state index in [9.17, 15) is 0 Å². The van der Waals surface area contributed by atoms with Gasteiger partial charge in [-0.25, -0.2) is 0 Å². The molecule has 91 valence electrons. The molecule has 0 saturated heterocycles. The summed E-state index contributed by atoms with van der Waals surface area (Å²) in [5.41, 5.74) is 2.88. The smallest absolute Gasteiger partial charge is 0.0225 e. The molecular weight excluding hydrogens is 220 g/mol. The lowest BCUT2D eigenvalue weighted by atomic mass is 9.80. The van der Waals surface area contributed by atoms with Crippen molar-refractivity contribution < 1.29 is 0 Å². The van der Waals surface area contributed by atoms with Gasteiger partial charge < -0.3 is 0 Å². The summed E-state index contributed by atoms with van der Waals surface area (Å²) < 4.78 is 0. The Hall–Kier alpha value is -0.563. The first-order chi connectivity index (χ1) is 8.28. The minimum Gasteiger partial charge on any atom is -0.0609 e. The highest BCUT2D eigenvalue weighted by Gasteiger charge is 2.19. The normalized spacial score (nSPS) is 24.8. The largest absolute Gasteiger partial charge is 0.0609 e. The molecule has 0 amide bonds. The van der Waals surface area contributed by atoms with Crippen molar-refractivity contribution in [2.24, 2.45) is 11.8 Å². The fraction of sp³-hybridized carbons (Fsp3) is 0.625. The Morgan fingerprint density at radius 1 is 1.00 bits per heavy atom. The number of rotatable bonds is 4. The zero-order valence-corrected chi connectivity index (χ0v) is 11.9. The molecule has 0 atom stereocenters. The minimum absolute atomic E-state index is 0.947. The summed E-state index contributed by atoms with van der Waals surface area (Å²) in [4.78, 5) is 0. The lowest BCUT2D eigenvalue weighted by molar-refractivity contribution is 0.278. The Labute approximate surface area is 109 Å². The molecule has 0 N–H and O–H groups in total. The molecule has 0 heterocycles. The predicted molar refractivity (Wildman–Crippen MR) is 75.5 cm³/mol. The van der Waals surface area contributed by atoms with Crippen LogP contribution in [-0.2, 0) is 6.42 Å². The SMILES string of the molecule is Cc1ccc(CCC2CCC(C[Si])CC2)cc1. The van der Waals surface area contributed by atoms with Gasteiger partial charge >= 0.3 is 0 Å². The van der Waals surface area contributed by atoms with Crippen LogP contribution in [0, 0.1) is 18.8 Å². The van der Waals surface area contributed by atoms with Gasteiger partial charge in [-0.1, -0.05) is 61.6 Å². The van der Waals surface area contributed by atoms with Gasteiger partial charge in [-0.05, 0) is 37.2 Å². The fourth-order valence-corrected chi connectivity index (χ4v) is 3.26. The molecule has 2 rings (SSSR count). The lowest BCUT2D eigenvalue weighted by Crippen LogP contribution is -2.14. The quantitative estimate of drug-likeness (QED) is 0.691. The highest BCUT2D eigenvalue weighted by Crippen LogP contribution is 2.32. The van der Waals surface area contributed by atoms with Gasteiger partial charge in [0.15, 0.2) is 0 Å². The average Bonchev–Trinajstić information content (AvgIpc) is 2.39. The number of aryl methyl sites for hydroxylation is 2. The molecule has 1 aromatic carbocycles. The van der Waals surface area contributed by atoms with E-state index < -0.39 is 0 Å². The van der Waals surface area contributed by atoms with Crippen LogP contribution in [0.15, 0.2) is 24.3 Å². The van der Waals surface area contributed by atoms with Crippen molar-refractivity contribution in [1.29, 1.82) is 0 Å². The average molecular weight is 243 g/mol. The Balaban J connectivity index is 1.74. The van der Waals surface area contributed by atoms with Gasteiger partial charge in [-0.3, -0.25) is 0 Å². The van der Waals surface area contributed by atoms with E-state index in [4.69, 9.17) is 0 Å². The van der Waals surface area contributed by atoms with Crippen LogP contribution >= 0.6 is 0 Å². The maximum Gasteiger partial charge on any atom is 0.0225 e. The van der Waals surface area contributed by atoms with Crippen molar-refractivity contribution in [3.63, 3.8) is 0 Å². The third-order valence-electron chi connectivity index (χ3n) is 4.22. The third kappa shape index (κ3) is 3.99. The van der Waals surface area contributed by atoms with Gasteiger partial charge in [-0.15, -0.1) is 0 Å². The second kappa shape index (κ2) is 6.39. The van der Waals surface area contributed by atoms with Gasteiger partial charge in [0, 0.05) is 10.2 Å². The van der Waals surface area contributed by atoms with Crippen LogP contribution < -0.4 is 0 Å². The summed E-state index contributed by atoms with van der Waals surface area (Å²) in [5, 5.41) is 0. The molecule has 0 spiro atoms. The molecule has 0 nitrogen and oxygen atoms in total. The van der Waals surface area contributed by atoms with Gasteiger partial charge in [0.2, 0.25) is 0 Å². The van der Waals surface area contributed by atoms with Gasteiger partial charge in [0.25, 0.3) is 0 Å². The second-order valence-corrected chi connectivity index (χ2v) is 6.02. The van der Waals surface area contributed by atoms with E-state index in [1.165, 1.54) is 55.7 Å². The van der Waals surface area contributed by atoms with Crippen LogP contribution in [0.2, 0.25) is 6.04 Å². The molecule has 1 aliphatic rings. The van der Waals surface area contributed by atoms with E-state index >= 15 is 0 Å². The summed E-state index contributed by atoms with van der Waals surface area (Å²) in [6.45, 7) is 2.16. The molecule has 1 fully saturated rings. The van der Waals surface area contributed by atoms with Crippen LogP contribution in [0.5, 0.6) is 0 Å². The molecule has 1 aromatic rings. The van der Waals surface area contributed by atoms with E-state index in [1.54, 1.807) is 0 Å². The molecular formula is C16H23Si. The van der Waals surface area contributed by atoms with Crippen molar-refractivity contribution in [2.45, 2.75) is 51.5 Å². The van der Waals surface area contributed by atoms with Crippen molar-refractivity contribution in [3.05, 3.63) is 35.4 Å². The van der Waals surface area contributed by atoms with Crippen molar-refractivity contribution >= 4 is 10.2 Å². The minimum atomic E-state index is 0.947. The molecule has 1 aliphatic carbocycles. The van der Waals surface area contributed by atoms with Gasteiger partial charge in [0.05, 0.1) is 0 Å². The monoisotopic (exact) mass is 243 g/mol. The molecule has 1 heteroatoms. The predicted octanol–water partition coefficient (Wildman–Crippen LogP) is 4.32. The summed E-state index contributed by atoms with van der Waals surface area (Å²) in [6.07, 6.45) is 8.41. The van der Waals surface area contributed by atoms with E-state index in [0.29, 0.717) is 0 Å². The Bertz CT molecular complexity index is 320. The lowest BCUT2D eigenvalue weighted by Gasteiger charge is -2.27. The van der Waals surface area contributed by atoms with E-state index in [1.807, 2.05) is 0 Å². The fourth-order valence-electron chi connectivity index (χ4n) is 2.85. The zero-order chi connectivity index (χ0) is 12.1. The summed E-state index contributed by atoms with van der Waals surface area (Å²) in [6, 6.07) is 10.2. The van der Waals surface area contributed by atoms with Crippen molar-refractivity contribution in [2.75, 3.05) is 0 Å². The molecule has 0 aromatic heterocycles. The molecule has 3 radical (unpaired) electrons. The maximum absolute atomic E-state index is 3.66. The van der Waals surface area contributed by atoms with Crippen LogP contribution in [0.4, 0.5) is 0 Å². The Morgan fingerprint density at radius 3 is 2.18 bits per heavy atom. The number of hydrogen-bond acceptors (Lipinski definition) is 0. The van der Waals surface area contributed by atoms with Gasteiger partial charge in [-0.2, -0.15) is 0 Å². The first-order valence-corrected chi connectivity index (χ1v) is 7.69. The van der Waals surface area contributed by atoms with Crippen LogP contribution in [0.1, 0.15) is 43.2 Å². The van der Waals surface area contributed by atoms with Crippen LogP contribution in [0.25, 0.3) is 0 Å². The van der Waals surface area contributed by atoms with E-state index in [2.05, 4.69) is 41.4 Å². The van der Waals surface area contributed by atoms with Crippen molar-refractivity contribution in [1.82, 2.24) is 0 Å². The number of benzene rings is 1. The van der Waals surface area contributed by atoms with Crippen LogP contribution in [0.3, 0.4) is 0 Å². The first kappa shape index (κ1) is 12.9. The Kier molecular flexibility index (Phi) is 4.84. The summed E-state index contributed by atoms with van der Waals surface area (Å²) >= 11 is 0. The van der Waals surface area contributed by atoms with E-state index in [0.717, 1.165) is 11.8 Å². The highest BCUT2D eigenvalue weighted by molar-refractivity contribution is 6.08. The first-order valence-electron chi connectivity index (χ1n) is 6.98. The standard InChI is InChI=1S/C16H23Si/c1-13-2-4-14(5-3-13)6-7-15-8-10-16(12-17)11-9-15/h2-5,15-16H,6-12H2,1H3. The molecule has 17 heavy (non-hydrogen) atoms. The zero-order valence-electron chi connectivity index (χ0n) is 10.9. The highest BCUT2D eigenvalue weighted by atomic mass is 28.1. The molecule has 0 aliphatic heterocycles. The van der Waals surface area contributed by atoms with Crippen molar-refractivity contribution in [3.8, 4) is 0 Å². The van der Waals surface area contributed by atoms with Crippen LogP contribution in [-0.4, -0.2) is 10.2 Å². The van der Waals surface area contributed by atoms with E-state index in [-0.39, 0.29) is 0 Å². The van der Waals surface area contributed by atoms with Gasteiger partial charge in [0.1, 0.15) is 0 Å². The molecule has 0 unspecified atom stereocenters. The Morgan fingerprint density at radius 2 is 1.59 bits per heavy atom. The second-order valence-electron chi connectivity index (χ2n) is 5.62. The summed E-state index contributed by atoms with van der Waals surface area (Å²) in [7, 11) is 3.66. The number of hydrogen-bond donors (Lipinski definition) is 0. The maximum atomic E-state index is 3.66. The third-order valence-corrected chi connectivity index (χ3v) is 4.79.